The molecule has 2 aromatic carbocycles. The number of aromatic nitrogens is 2. The Balaban J connectivity index is 1.90. The number of methoxy groups -OCH3 is 2. The van der Waals surface area contributed by atoms with Crippen molar-refractivity contribution in [3.8, 4) is 11.5 Å². The minimum absolute atomic E-state index is 0.303. The molecule has 0 saturated heterocycles. The van der Waals surface area contributed by atoms with Crippen LogP contribution in [0.25, 0.3) is 0 Å². The first-order valence-electron chi connectivity index (χ1n) is 8.85. The third kappa shape index (κ3) is 5.17. The molecule has 3 aromatic rings. The molecule has 2 N–H and O–H groups in total. The van der Waals surface area contributed by atoms with Crippen LogP contribution in [0, 0.1) is 0 Å². The molecule has 0 aliphatic rings. The Hall–Kier alpha value is -2.47. The van der Waals surface area contributed by atoms with Crippen LogP contribution >= 0.6 is 30.3 Å². The first-order chi connectivity index (χ1) is 14.2. The Morgan fingerprint density at radius 2 is 1.57 bits per heavy atom. The van der Waals surface area contributed by atoms with Gasteiger partial charge in [0.15, 0.2) is 5.82 Å². The second-order valence-corrected chi connectivity index (χ2v) is 10.8. The van der Waals surface area contributed by atoms with Crippen LogP contribution in [-0.4, -0.2) is 37.5 Å². The Bertz CT molecular complexity index is 1120. The molecule has 0 saturated carbocycles. The number of ether oxygens (including phenoxy) is 2. The standard InChI is InChI=1S/C20H21Cl2N4O3P/c1-28-17-9-12(21)5-7-15(17)24-19-14(22)11-23-20(26-19)25-16-8-6-13(30(3,4)27)10-18(16)29-2/h5-11H,1-4H3,(H2,23,24,25,26). The third-order valence-corrected chi connectivity index (χ3v) is 6.25. The topological polar surface area (TPSA) is 85.4 Å². The lowest BCUT2D eigenvalue weighted by molar-refractivity contribution is 0.417. The summed E-state index contributed by atoms with van der Waals surface area (Å²) in [4.78, 5) is 8.67. The first-order valence-corrected chi connectivity index (χ1v) is 12.2. The molecule has 1 aromatic heterocycles. The highest BCUT2D eigenvalue weighted by Crippen LogP contribution is 2.38. The summed E-state index contributed by atoms with van der Waals surface area (Å²) < 4.78 is 23.1. The van der Waals surface area contributed by atoms with Gasteiger partial charge in [-0.1, -0.05) is 23.2 Å². The van der Waals surface area contributed by atoms with E-state index in [2.05, 4.69) is 20.6 Å². The van der Waals surface area contributed by atoms with Gasteiger partial charge in [0.25, 0.3) is 0 Å². The fourth-order valence-corrected chi connectivity index (χ4v) is 3.81. The largest absolute Gasteiger partial charge is 0.495 e. The minimum atomic E-state index is -2.41. The predicted molar refractivity (Wildman–Crippen MR) is 124 cm³/mol. The molecule has 0 fully saturated rings. The summed E-state index contributed by atoms with van der Waals surface area (Å²) in [6.45, 7) is 3.42. The van der Waals surface area contributed by atoms with Gasteiger partial charge < -0.3 is 24.7 Å². The Kier molecular flexibility index (Phi) is 6.76. The maximum atomic E-state index is 12.3. The average molecular weight is 467 g/mol. The number of anilines is 4. The van der Waals surface area contributed by atoms with Crippen molar-refractivity contribution < 1.29 is 14.0 Å². The highest BCUT2D eigenvalue weighted by atomic mass is 35.5. The van der Waals surface area contributed by atoms with E-state index < -0.39 is 7.14 Å². The molecular weight excluding hydrogens is 446 g/mol. The number of hydrogen-bond donors (Lipinski definition) is 2. The summed E-state index contributed by atoms with van der Waals surface area (Å²) >= 11 is 12.3. The van der Waals surface area contributed by atoms with Crippen LogP contribution in [0.5, 0.6) is 11.5 Å². The highest BCUT2D eigenvalue weighted by Gasteiger charge is 2.15. The van der Waals surface area contributed by atoms with Crippen LogP contribution in [0.3, 0.4) is 0 Å². The molecule has 0 amide bonds. The monoisotopic (exact) mass is 466 g/mol. The molecule has 0 radical (unpaired) electrons. The van der Waals surface area contributed by atoms with Gasteiger partial charge in [-0.25, -0.2) is 4.98 Å². The van der Waals surface area contributed by atoms with Crippen LogP contribution < -0.4 is 25.4 Å². The zero-order chi connectivity index (χ0) is 21.9. The van der Waals surface area contributed by atoms with Gasteiger partial charge in [0, 0.05) is 16.4 Å². The minimum Gasteiger partial charge on any atom is -0.495 e. The predicted octanol–water partition coefficient (Wildman–Crippen LogP) is 5.54. The van der Waals surface area contributed by atoms with Gasteiger partial charge in [-0.3, -0.25) is 0 Å². The van der Waals surface area contributed by atoms with E-state index in [1.54, 1.807) is 63.9 Å². The van der Waals surface area contributed by atoms with Crippen molar-refractivity contribution in [2.45, 2.75) is 0 Å². The molecule has 158 valence electrons. The van der Waals surface area contributed by atoms with E-state index in [0.717, 1.165) is 5.30 Å². The second-order valence-electron chi connectivity index (χ2n) is 6.72. The number of nitrogens with one attached hydrogen (secondary N) is 2. The Morgan fingerprint density at radius 3 is 2.23 bits per heavy atom. The molecule has 0 aliphatic carbocycles. The molecule has 7 nitrogen and oxygen atoms in total. The fraction of sp³-hybridized carbons (Fsp3) is 0.200. The quantitative estimate of drug-likeness (QED) is 0.442. The molecule has 3 rings (SSSR count). The number of hydrogen-bond acceptors (Lipinski definition) is 7. The van der Waals surface area contributed by atoms with Gasteiger partial charge in [-0.05, 0) is 43.7 Å². The number of nitrogens with zero attached hydrogens (tertiary/aromatic N) is 2. The molecular formula is C20H21Cl2N4O3P. The van der Waals surface area contributed by atoms with Crippen molar-refractivity contribution in [2.24, 2.45) is 0 Å². The van der Waals surface area contributed by atoms with Crippen LogP contribution in [-0.2, 0) is 4.57 Å². The molecule has 0 bridgehead atoms. The summed E-state index contributed by atoms with van der Waals surface area (Å²) in [7, 11) is 0.680. The van der Waals surface area contributed by atoms with Crippen molar-refractivity contribution in [3.63, 3.8) is 0 Å². The number of rotatable bonds is 7. The summed E-state index contributed by atoms with van der Waals surface area (Å²) in [6.07, 6.45) is 1.48. The lowest BCUT2D eigenvalue weighted by atomic mass is 10.3. The summed E-state index contributed by atoms with van der Waals surface area (Å²) in [5, 5.41) is 7.83. The second kappa shape index (κ2) is 9.13. The maximum Gasteiger partial charge on any atom is 0.229 e. The van der Waals surface area contributed by atoms with Crippen molar-refractivity contribution in [1.82, 2.24) is 9.97 Å². The Morgan fingerprint density at radius 1 is 0.933 bits per heavy atom. The number of halogens is 2. The summed E-state index contributed by atoms with van der Waals surface area (Å²) in [5.41, 5.74) is 1.28. The molecule has 1 heterocycles. The van der Waals surface area contributed by atoms with E-state index in [0.29, 0.717) is 44.7 Å². The van der Waals surface area contributed by atoms with E-state index in [1.165, 1.54) is 6.20 Å². The highest BCUT2D eigenvalue weighted by molar-refractivity contribution is 7.70. The van der Waals surface area contributed by atoms with Crippen LogP contribution in [0.1, 0.15) is 0 Å². The van der Waals surface area contributed by atoms with Gasteiger partial charge in [0.1, 0.15) is 23.7 Å². The maximum absolute atomic E-state index is 12.3. The molecule has 0 spiro atoms. The summed E-state index contributed by atoms with van der Waals surface area (Å²) in [6, 6.07) is 10.5. The summed E-state index contributed by atoms with van der Waals surface area (Å²) in [5.74, 6) is 1.77. The van der Waals surface area contributed by atoms with Crippen LogP contribution in [0.4, 0.5) is 23.1 Å². The first kappa shape index (κ1) is 22.2. The molecule has 0 atom stereocenters. The zero-order valence-corrected chi connectivity index (χ0v) is 19.3. The van der Waals surface area contributed by atoms with E-state index in [1.807, 2.05) is 0 Å². The molecule has 0 aliphatic heterocycles. The fourth-order valence-electron chi connectivity index (χ4n) is 2.65. The van der Waals surface area contributed by atoms with Gasteiger partial charge in [0.05, 0.1) is 31.8 Å². The SMILES string of the molecule is COc1cc(P(C)(C)=O)ccc1Nc1ncc(Cl)c(Nc2ccc(Cl)cc2OC)n1. The van der Waals surface area contributed by atoms with E-state index in [-0.39, 0.29) is 0 Å². The third-order valence-electron chi connectivity index (χ3n) is 4.21. The van der Waals surface area contributed by atoms with E-state index >= 15 is 0 Å². The van der Waals surface area contributed by atoms with Crippen LogP contribution in [0.15, 0.2) is 42.6 Å². The molecule has 30 heavy (non-hydrogen) atoms. The lowest BCUT2D eigenvalue weighted by Crippen LogP contribution is -2.07. The zero-order valence-electron chi connectivity index (χ0n) is 16.9. The van der Waals surface area contributed by atoms with Crippen molar-refractivity contribution in [3.05, 3.63) is 52.6 Å². The van der Waals surface area contributed by atoms with Crippen LogP contribution in [0.2, 0.25) is 10.0 Å². The Labute approximate surface area is 185 Å². The lowest BCUT2D eigenvalue weighted by Gasteiger charge is -2.15. The molecule has 10 heteroatoms. The van der Waals surface area contributed by atoms with Gasteiger partial charge >= 0.3 is 0 Å². The van der Waals surface area contributed by atoms with Crippen molar-refractivity contribution in [1.29, 1.82) is 0 Å². The van der Waals surface area contributed by atoms with E-state index in [4.69, 9.17) is 32.7 Å². The van der Waals surface area contributed by atoms with Gasteiger partial charge in [-0.2, -0.15) is 4.98 Å². The molecule has 0 unspecified atom stereocenters. The van der Waals surface area contributed by atoms with Gasteiger partial charge in [0.2, 0.25) is 5.95 Å². The normalized spacial score (nSPS) is 11.1. The van der Waals surface area contributed by atoms with Gasteiger partial charge in [-0.15, -0.1) is 0 Å². The number of benzene rings is 2. The van der Waals surface area contributed by atoms with E-state index in [9.17, 15) is 4.57 Å². The van der Waals surface area contributed by atoms with Crippen molar-refractivity contribution >= 4 is 58.8 Å². The van der Waals surface area contributed by atoms with Crippen molar-refractivity contribution in [2.75, 3.05) is 38.2 Å². The average Bonchev–Trinajstić information content (AvgIpc) is 2.71. The smallest absolute Gasteiger partial charge is 0.229 e.